The van der Waals surface area contributed by atoms with Crippen LogP contribution in [0.3, 0.4) is 0 Å². The zero-order valence-corrected chi connectivity index (χ0v) is 15.8. The van der Waals surface area contributed by atoms with Crippen LogP contribution in [0.4, 0.5) is 4.39 Å². The first-order chi connectivity index (χ1) is 12.5. The molecule has 0 atom stereocenters. The highest BCUT2D eigenvalue weighted by Gasteiger charge is 2.18. The Kier molecular flexibility index (Phi) is 5.18. The van der Waals surface area contributed by atoms with Crippen LogP contribution in [0.25, 0.3) is 21.3 Å². The number of benzene rings is 1. The summed E-state index contributed by atoms with van der Waals surface area (Å²) < 4.78 is 14.6. The highest BCUT2D eigenvalue weighted by Crippen LogP contribution is 2.35. The van der Waals surface area contributed by atoms with Crippen molar-refractivity contribution in [2.45, 2.75) is 27.3 Å². The minimum Gasteiger partial charge on any atom is -0.342 e. The number of fused-ring (bicyclic) bond motifs is 1. The maximum absolute atomic E-state index is 13.3. The number of amides is 1. The molecule has 0 saturated heterocycles. The van der Waals surface area contributed by atoms with Crippen LogP contribution in [-0.2, 0) is 11.3 Å². The van der Waals surface area contributed by atoms with E-state index in [2.05, 4.69) is 4.98 Å². The quantitative estimate of drug-likeness (QED) is 0.688. The molecule has 2 aromatic heterocycles. The summed E-state index contributed by atoms with van der Waals surface area (Å²) in [6.07, 6.45) is 1.43. The molecule has 0 fully saturated rings. The summed E-state index contributed by atoms with van der Waals surface area (Å²) in [5.74, 6) is -0.445. The van der Waals surface area contributed by atoms with Gasteiger partial charge in [-0.2, -0.15) is 0 Å². The summed E-state index contributed by atoms with van der Waals surface area (Å²) in [5, 5.41) is 0.481. The molecule has 5 nitrogen and oxygen atoms in total. The fraction of sp³-hybridized carbons (Fsp3) is 0.316. The number of carbonyl (C=O) groups is 1. The zero-order valence-electron chi connectivity index (χ0n) is 15.0. The molecule has 0 unspecified atom stereocenters. The Morgan fingerprint density at radius 2 is 1.88 bits per heavy atom. The third-order valence-corrected chi connectivity index (χ3v) is 5.42. The van der Waals surface area contributed by atoms with Gasteiger partial charge in [-0.25, -0.2) is 9.37 Å². The molecular weight excluding hydrogens is 353 g/mol. The Labute approximate surface area is 154 Å². The van der Waals surface area contributed by atoms with E-state index >= 15 is 0 Å². The van der Waals surface area contributed by atoms with E-state index in [0.29, 0.717) is 23.3 Å². The molecule has 0 N–H and O–H groups in total. The molecule has 26 heavy (non-hydrogen) atoms. The molecule has 0 aliphatic carbocycles. The Morgan fingerprint density at radius 1 is 1.23 bits per heavy atom. The molecule has 3 rings (SSSR count). The van der Waals surface area contributed by atoms with E-state index in [0.717, 1.165) is 16.0 Å². The SMILES string of the molecule is CCN(CC)C(=O)Cn1cnc2sc(C)c(-c3ccc(F)cc3)c2c1=O. The van der Waals surface area contributed by atoms with Crippen LogP contribution in [-0.4, -0.2) is 33.4 Å². The van der Waals surface area contributed by atoms with Gasteiger partial charge in [0.1, 0.15) is 17.2 Å². The van der Waals surface area contributed by atoms with Gasteiger partial charge in [0.05, 0.1) is 11.7 Å². The Morgan fingerprint density at radius 3 is 2.50 bits per heavy atom. The predicted octanol–water partition coefficient (Wildman–Crippen LogP) is 3.44. The van der Waals surface area contributed by atoms with Gasteiger partial charge in [0, 0.05) is 23.5 Å². The summed E-state index contributed by atoms with van der Waals surface area (Å²) in [7, 11) is 0. The highest BCUT2D eigenvalue weighted by atomic mass is 32.1. The van der Waals surface area contributed by atoms with Crippen LogP contribution in [0.1, 0.15) is 18.7 Å². The van der Waals surface area contributed by atoms with Crippen LogP contribution < -0.4 is 5.56 Å². The maximum Gasteiger partial charge on any atom is 0.263 e. The van der Waals surface area contributed by atoms with Crippen LogP contribution in [0.2, 0.25) is 0 Å². The summed E-state index contributed by atoms with van der Waals surface area (Å²) in [6.45, 7) is 6.87. The molecule has 2 heterocycles. The second-order valence-corrected chi connectivity index (χ2v) is 7.17. The van der Waals surface area contributed by atoms with Crippen LogP contribution >= 0.6 is 11.3 Å². The smallest absolute Gasteiger partial charge is 0.263 e. The molecule has 0 bridgehead atoms. The van der Waals surface area contributed by atoms with Crippen molar-refractivity contribution < 1.29 is 9.18 Å². The minimum atomic E-state index is -0.328. The summed E-state index contributed by atoms with van der Waals surface area (Å²) in [4.78, 5) is 33.0. The van der Waals surface area contributed by atoms with Crippen molar-refractivity contribution in [3.05, 3.63) is 51.6 Å². The van der Waals surface area contributed by atoms with E-state index in [1.807, 2.05) is 20.8 Å². The number of aromatic nitrogens is 2. The average molecular weight is 373 g/mol. The minimum absolute atomic E-state index is 0.0405. The van der Waals surface area contributed by atoms with Gasteiger partial charge in [-0.05, 0) is 38.5 Å². The molecule has 0 aliphatic rings. The average Bonchev–Trinajstić information content (AvgIpc) is 2.96. The number of carbonyl (C=O) groups excluding carboxylic acids is 1. The van der Waals surface area contributed by atoms with Crippen LogP contribution in [0.15, 0.2) is 35.4 Å². The lowest BCUT2D eigenvalue weighted by Gasteiger charge is -2.18. The van der Waals surface area contributed by atoms with E-state index < -0.39 is 0 Å². The number of halogens is 1. The van der Waals surface area contributed by atoms with Crippen molar-refractivity contribution >= 4 is 27.5 Å². The first-order valence-corrected chi connectivity index (χ1v) is 9.30. The van der Waals surface area contributed by atoms with Gasteiger partial charge in [0.25, 0.3) is 5.56 Å². The molecule has 3 aromatic rings. The first-order valence-electron chi connectivity index (χ1n) is 8.48. The van der Waals surface area contributed by atoms with Gasteiger partial charge in [-0.1, -0.05) is 12.1 Å². The van der Waals surface area contributed by atoms with E-state index in [1.165, 1.54) is 34.4 Å². The molecule has 7 heteroatoms. The molecule has 0 spiro atoms. The summed E-state index contributed by atoms with van der Waals surface area (Å²) in [5.41, 5.74) is 1.27. The Balaban J connectivity index is 2.11. The van der Waals surface area contributed by atoms with Gasteiger partial charge in [-0.15, -0.1) is 11.3 Å². The van der Waals surface area contributed by atoms with E-state index in [1.54, 1.807) is 17.0 Å². The van der Waals surface area contributed by atoms with Gasteiger partial charge in [0.2, 0.25) is 5.91 Å². The van der Waals surface area contributed by atoms with Crippen LogP contribution in [0.5, 0.6) is 0 Å². The fourth-order valence-corrected chi connectivity index (χ4v) is 4.04. The van der Waals surface area contributed by atoms with Gasteiger partial charge >= 0.3 is 0 Å². The number of aryl methyl sites for hydroxylation is 1. The maximum atomic E-state index is 13.3. The van der Waals surface area contributed by atoms with Crippen molar-refractivity contribution in [2.75, 3.05) is 13.1 Å². The normalized spacial score (nSPS) is 11.1. The predicted molar refractivity (Wildman–Crippen MR) is 102 cm³/mol. The third kappa shape index (κ3) is 3.26. The topological polar surface area (TPSA) is 55.2 Å². The van der Waals surface area contributed by atoms with Gasteiger partial charge in [-0.3, -0.25) is 14.2 Å². The number of thiophene rings is 1. The fourth-order valence-electron chi connectivity index (χ4n) is 3.04. The van der Waals surface area contributed by atoms with Crippen LogP contribution in [0, 0.1) is 12.7 Å². The lowest BCUT2D eigenvalue weighted by atomic mass is 10.0. The summed E-state index contributed by atoms with van der Waals surface area (Å²) in [6, 6.07) is 6.05. The second kappa shape index (κ2) is 7.37. The molecule has 0 aliphatic heterocycles. The lowest BCUT2D eigenvalue weighted by Crippen LogP contribution is -2.36. The lowest BCUT2D eigenvalue weighted by molar-refractivity contribution is -0.131. The number of hydrogen-bond acceptors (Lipinski definition) is 4. The van der Waals surface area contributed by atoms with Gasteiger partial charge in [0.15, 0.2) is 0 Å². The number of likely N-dealkylation sites (N-methyl/N-ethyl adjacent to an activating group) is 1. The van der Waals surface area contributed by atoms with E-state index in [4.69, 9.17) is 0 Å². The van der Waals surface area contributed by atoms with Crippen molar-refractivity contribution in [1.29, 1.82) is 0 Å². The monoisotopic (exact) mass is 373 g/mol. The molecule has 0 radical (unpaired) electrons. The number of hydrogen-bond donors (Lipinski definition) is 0. The number of rotatable bonds is 5. The number of nitrogens with zero attached hydrogens (tertiary/aromatic N) is 3. The highest BCUT2D eigenvalue weighted by molar-refractivity contribution is 7.19. The zero-order chi connectivity index (χ0) is 18.8. The third-order valence-electron chi connectivity index (χ3n) is 4.41. The molecule has 136 valence electrons. The standard InChI is InChI=1S/C19H20FN3O2S/c1-4-22(5-2)15(24)10-23-11-21-18-17(19(23)25)16(12(3)26-18)13-6-8-14(20)9-7-13/h6-9,11H,4-5,10H2,1-3H3. The van der Waals surface area contributed by atoms with Gasteiger partial charge < -0.3 is 4.90 Å². The van der Waals surface area contributed by atoms with E-state index in [9.17, 15) is 14.0 Å². The molecule has 0 saturated carbocycles. The largest absolute Gasteiger partial charge is 0.342 e. The van der Waals surface area contributed by atoms with Crippen molar-refractivity contribution in [2.24, 2.45) is 0 Å². The first kappa shape index (κ1) is 18.3. The van der Waals surface area contributed by atoms with Crippen molar-refractivity contribution in [3.63, 3.8) is 0 Å². The van der Waals surface area contributed by atoms with E-state index in [-0.39, 0.29) is 23.8 Å². The summed E-state index contributed by atoms with van der Waals surface area (Å²) >= 11 is 1.42. The Bertz CT molecular complexity index is 1000. The van der Waals surface area contributed by atoms with Crippen molar-refractivity contribution in [3.8, 4) is 11.1 Å². The molecular formula is C19H20FN3O2S. The van der Waals surface area contributed by atoms with Crippen molar-refractivity contribution in [1.82, 2.24) is 14.5 Å². The Hall–Kier alpha value is -2.54. The molecule has 1 amide bonds. The second-order valence-electron chi connectivity index (χ2n) is 5.96. The molecule has 1 aromatic carbocycles.